The van der Waals surface area contributed by atoms with E-state index < -0.39 is 18.2 Å². The molecule has 0 fully saturated rings. The van der Waals surface area contributed by atoms with E-state index in [0.29, 0.717) is 12.0 Å². The molecule has 0 aliphatic rings. The van der Waals surface area contributed by atoms with Crippen molar-refractivity contribution in [3.63, 3.8) is 0 Å². The highest BCUT2D eigenvalue weighted by Gasteiger charge is 2.26. The molecule has 2 atom stereocenters. The molecule has 1 rings (SSSR count). The molecule has 0 aliphatic carbocycles. The summed E-state index contributed by atoms with van der Waals surface area (Å²) in [6.07, 6.45) is -2.49. The second-order valence-electron chi connectivity index (χ2n) is 3.63. The minimum absolute atomic E-state index is 0.000889. The van der Waals surface area contributed by atoms with Crippen molar-refractivity contribution in [2.45, 2.75) is 18.6 Å². The lowest BCUT2D eigenvalue weighted by molar-refractivity contribution is -0.156. The molecule has 0 heterocycles. The SMILES string of the molecule is COC(=O)C(O)C(O)c1cccc(CCO)c1. The zero-order valence-electron chi connectivity index (χ0n) is 9.54. The van der Waals surface area contributed by atoms with Gasteiger partial charge in [-0.3, -0.25) is 0 Å². The fraction of sp³-hybridized carbons (Fsp3) is 0.417. The summed E-state index contributed by atoms with van der Waals surface area (Å²) < 4.78 is 4.34. The van der Waals surface area contributed by atoms with Crippen LogP contribution in [0.5, 0.6) is 0 Å². The second kappa shape index (κ2) is 6.34. The van der Waals surface area contributed by atoms with Gasteiger partial charge in [-0.05, 0) is 17.5 Å². The van der Waals surface area contributed by atoms with Gasteiger partial charge in [0.1, 0.15) is 6.10 Å². The van der Waals surface area contributed by atoms with Crippen LogP contribution in [0.25, 0.3) is 0 Å². The molecular weight excluding hydrogens is 224 g/mol. The third kappa shape index (κ3) is 3.52. The summed E-state index contributed by atoms with van der Waals surface area (Å²) in [5.74, 6) is -0.884. The Morgan fingerprint density at radius 3 is 2.71 bits per heavy atom. The number of ether oxygens (including phenoxy) is 1. The summed E-state index contributed by atoms with van der Waals surface area (Å²) in [7, 11) is 1.14. The van der Waals surface area contributed by atoms with Crippen LogP contribution in [0, 0.1) is 0 Å². The number of aliphatic hydroxyl groups excluding tert-OH is 3. The van der Waals surface area contributed by atoms with Gasteiger partial charge < -0.3 is 20.1 Å². The monoisotopic (exact) mass is 240 g/mol. The first-order valence-corrected chi connectivity index (χ1v) is 5.23. The molecule has 1 aromatic rings. The van der Waals surface area contributed by atoms with Crippen molar-refractivity contribution in [1.82, 2.24) is 0 Å². The van der Waals surface area contributed by atoms with Crippen LogP contribution >= 0.6 is 0 Å². The molecule has 0 aromatic heterocycles. The lowest BCUT2D eigenvalue weighted by Crippen LogP contribution is -2.29. The number of esters is 1. The summed E-state index contributed by atoms with van der Waals surface area (Å²) in [5, 5.41) is 28.1. The molecule has 17 heavy (non-hydrogen) atoms. The maximum Gasteiger partial charge on any atom is 0.337 e. The van der Waals surface area contributed by atoms with Crippen molar-refractivity contribution in [2.75, 3.05) is 13.7 Å². The summed E-state index contributed by atoms with van der Waals surface area (Å²) in [6.45, 7) is -0.000889. The van der Waals surface area contributed by atoms with E-state index in [1.165, 1.54) is 0 Å². The molecule has 0 saturated carbocycles. The van der Waals surface area contributed by atoms with Crippen LogP contribution in [-0.4, -0.2) is 41.1 Å². The first-order chi connectivity index (χ1) is 8.10. The van der Waals surface area contributed by atoms with Gasteiger partial charge in [0.05, 0.1) is 7.11 Å². The van der Waals surface area contributed by atoms with Crippen LogP contribution in [-0.2, 0) is 16.0 Å². The molecule has 3 N–H and O–H groups in total. The van der Waals surface area contributed by atoms with Crippen molar-refractivity contribution in [1.29, 1.82) is 0 Å². The molecule has 2 unspecified atom stereocenters. The van der Waals surface area contributed by atoms with Crippen LogP contribution in [0.1, 0.15) is 17.2 Å². The Morgan fingerprint density at radius 1 is 1.41 bits per heavy atom. The quantitative estimate of drug-likeness (QED) is 0.620. The molecule has 0 spiro atoms. The van der Waals surface area contributed by atoms with Crippen LogP contribution in [0.2, 0.25) is 0 Å². The van der Waals surface area contributed by atoms with E-state index in [1.807, 2.05) is 0 Å². The van der Waals surface area contributed by atoms with E-state index in [0.717, 1.165) is 12.7 Å². The van der Waals surface area contributed by atoms with E-state index in [2.05, 4.69) is 4.74 Å². The molecule has 0 radical (unpaired) electrons. The highest BCUT2D eigenvalue weighted by atomic mass is 16.5. The number of hydrogen-bond donors (Lipinski definition) is 3. The van der Waals surface area contributed by atoms with Crippen LogP contribution in [0.3, 0.4) is 0 Å². The Morgan fingerprint density at radius 2 is 2.12 bits per heavy atom. The van der Waals surface area contributed by atoms with Crippen molar-refractivity contribution in [3.8, 4) is 0 Å². The number of carbonyl (C=O) groups is 1. The van der Waals surface area contributed by atoms with E-state index in [1.54, 1.807) is 24.3 Å². The van der Waals surface area contributed by atoms with Gasteiger partial charge in [0.15, 0.2) is 6.10 Å². The molecule has 0 bridgehead atoms. The average molecular weight is 240 g/mol. The lowest BCUT2D eigenvalue weighted by Gasteiger charge is -2.16. The Balaban J connectivity index is 2.84. The van der Waals surface area contributed by atoms with Gasteiger partial charge in [-0.15, -0.1) is 0 Å². The van der Waals surface area contributed by atoms with E-state index in [9.17, 15) is 15.0 Å². The van der Waals surface area contributed by atoms with E-state index >= 15 is 0 Å². The number of aliphatic hydroxyl groups is 3. The highest BCUT2D eigenvalue weighted by Crippen LogP contribution is 2.19. The first-order valence-electron chi connectivity index (χ1n) is 5.23. The summed E-state index contributed by atoms with van der Waals surface area (Å²) in [4.78, 5) is 11.1. The van der Waals surface area contributed by atoms with Gasteiger partial charge >= 0.3 is 5.97 Å². The normalized spacial score (nSPS) is 14.1. The topological polar surface area (TPSA) is 87.0 Å². The standard InChI is InChI=1S/C12H16O5/c1-17-12(16)11(15)10(14)9-4-2-3-8(7-9)5-6-13/h2-4,7,10-11,13-15H,5-6H2,1H3. The van der Waals surface area contributed by atoms with E-state index in [4.69, 9.17) is 5.11 Å². The maximum absolute atomic E-state index is 11.1. The van der Waals surface area contributed by atoms with Crippen molar-refractivity contribution in [3.05, 3.63) is 35.4 Å². The third-order valence-electron chi connectivity index (χ3n) is 2.43. The van der Waals surface area contributed by atoms with Gasteiger partial charge in [-0.25, -0.2) is 4.79 Å². The Labute approximate surface area is 99.3 Å². The molecular formula is C12H16O5. The number of rotatable bonds is 5. The Hall–Kier alpha value is -1.43. The van der Waals surface area contributed by atoms with Gasteiger partial charge in [0.25, 0.3) is 0 Å². The largest absolute Gasteiger partial charge is 0.467 e. The summed E-state index contributed by atoms with van der Waals surface area (Å²) in [5.41, 5.74) is 1.23. The number of methoxy groups -OCH3 is 1. The van der Waals surface area contributed by atoms with Gasteiger partial charge in [-0.1, -0.05) is 24.3 Å². The van der Waals surface area contributed by atoms with Gasteiger partial charge in [-0.2, -0.15) is 0 Å². The molecule has 0 amide bonds. The molecule has 1 aromatic carbocycles. The third-order valence-corrected chi connectivity index (χ3v) is 2.43. The highest BCUT2D eigenvalue weighted by molar-refractivity contribution is 5.75. The molecule has 5 heteroatoms. The summed E-state index contributed by atoms with van der Waals surface area (Å²) >= 11 is 0. The lowest BCUT2D eigenvalue weighted by atomic mass is 10.0. The Kier molecular flexibility index (Phi) is 5.09. The molecule has 5 nitrogen and oxygen atoms in total. The molecule has 0 saturated heterocycles. The predicted molar refractivity (Wildman–Crippen MR) is 60.2 cm³/mol. The van der Waals surface area contributed by atoms with Crippen LogP contribution < -0.4 is 0 Å². The van der Waals surface area contributed by atoms with Gasteiger partial charge in [0.2, 0.25) is 0 Å². The van der Waals surface area contributed by atoms with Crippen LogP contribution in [0.4, 0.5) is 0 Å². The minimum Gasteiger partial charge on any atom is -0.467 e. The molecule has 94 valence electrons. The van der Waals surface area contributed by atoms with Crippen LogP contribution in [0.15, 0.2) is 24.3 Å². The van der Waals surface area contributed by atoms with Crippen molar-refractivity contribution < 1.29 is 24.9 Å². The number of benzene rings is 1. The maximum atomic E-state index is 11.1. The first kappa shape index (κ1) is 13.6. The summed E-state index contributed by atoms with van der Waals surface area (Å²) in [6, 6.07) is 6.70. The van der Waals surface area contributed by atoms with Crippen molar-refractivity contribution >= 4 is 5.97 Å². The zero-order valence-corrected chi connectivity index (χ0v) is 9.54. The zero-order chi connectivity index (χ0) is 12.8. The number of carbonyl (C=O) groups excluding carboxylic acids is 1. The number of hydrogen-bond acceptors (Lipinski definition) is 5. The Bertz CT molecular complexity index is 377. The van der Waals surface area contributed by atoms with E-state index in [-0.39, 0.29) is 6.61 Å². The predicted octanol–water partition coefficient (Wildman–Crippen LogP) is -0.211. The molecule has 0 aliphatic heterocycles. The smallest absolute Gasteiger partial charge is 0.337 e. The van der Waals surface area contributed by atoms with Gasteiger partial charge in [0, 0.05) is 6.61 Å². The second-order valence-corrected chi connectivity index (χ2v) is 3.63. The fourth-order valence-corrected chi connectivity index (χ4v) is 1.49. The van der Waals surface area contributed by atoms with Crippen molar-refractivity contribution in [2.24, 2.45) is 0 Å². The average Bonchev–Trinajstić information content (AvgIpc) is 2.36. The fourth-order valence-electron chi connectivity index (χ4n) is 1.49. The minimum atomic E-state index is -1.61.